The number of hydrogen-bond donors (Lipinski definition) is 2. The van der Waals surface area contributed by atoms with Gasteiger partial charge in [-0.15, -0.1) is 0 Å². The van der Waals surface area contributed by atoms with Crippen LogP contribution in [-0.2, 0) is 0 Å². The lowest BCUT2D eigenvalue weighted by atomic mass is 9.70. The van der Waals surface area contributed by atoms with Gasteiger partial charge in [0, 0.05) is 0 Å². The highest BCUT2D eigenvalue weighted by Crippen LogP contribution is 2.43. The van der Waals surface area contributed by atoms with Crippen LogP contribution in [0.2, 0.25) is 0 Å². The molecule has 2 aromatic rings. The first-order valence-electron chi connectivity index (χ1n) is 7.98. The number of phenolic OH excluding ortho intramolecular Hbond substituents is 2. The molecule has 22 heavy (non-hydrogen) atoms. The molecular weight excluding hydrogens is 272 g/mol. The summed E-state index contributed by atoms with van der Waals surface area (Å²) in [6, 6.07) is 15.1. The van der Waals surface area contributed by atoms with Crippen molar-refractivity contribution < 1.29 is 10.2 Å². The Labute approximate surface area is 133 Å². The quantitative estimate of drug-likeness (QED) is 0.788. The van der Waals surface area contributed by atoms with Crippen molar-refractivity contribution in [2.45, 2.75) is 39.5 Å². The fraction of sp³-hybridized carbons (Fsp3) is 0.400. The zero-order chi connectivity index (χ0) is 16.3. The van der Waals surface area contributed by atoms with Gasteiger partial charge in [-0.2, -0.15) is 0 Å². The summed E-state index contributed by atoms with van der Waals surface area (Å²) >= 11 is 0. The van der Waals surface area contributed by atoms with Gasteiger partial charge in [-0.25, -0.2) is 0 Å². The van der Waals surface area contributed by atoms with Crippen molar-refractivity contribution in [1.82, 2.24) is 0 Å². The lowest BCUT2D eigenvalue weighted by Crippen LogP contribution is -2.21. The van der Waals surface area contributed by atoms with Crippen LogP contribution in [-0.4, -0.2) is 10.2 Å². The monoisotopic (exact) mass is 298 g/mol. The standard InChI is InChI=1S/C20H26O2/c1-13(2)19(15-5-9-17(21)10-6-15)20(14(3)4)16-7-11-18(22)12-8-16/h5-14,19-22H,1-4H3/t19-,20+. The Kier molecular flexibility index (Phi) is 5.12. The van der Waals surface area contributed by atoms with E-state index in [1.807, 2.05) is 24.3 Å². The second-order valence-corrected chi connectivity index (χ2v) is 6.72. The maximum Gasteiger partial charge on any atom is 0.115 e. The average Bonchev–Trinajstić information content (AvgIpc) is 2.46. The summed E-state index contributed by atoms with van der Waals surface area (Å²) in [5.74, 6) is 2.29. The van der Waals surface area contributed by atoms with Crippen molar-refractivity contribution in [3.8, 4) is 11.5 Å². The van der Waals surface area contributed by atoms with E-state index in [0.29, 0.717) is 35.2 Å². The van der Waals surface area contributed by atoms with Gasteiger partial charge in [0.1, 0.15) is 11.5 Å². The van der Waals surface area contributed by atoms with Gasteiger partial charge in [-0.3, -0.25) is 0 Å². The molecule has 0 saturated carbocycles. The Morgan fingerprint density at radius 2 is 0.818 bits per heavy atom. The van der Waals surface area contributed by atoms with Crippen LogP contribution in [0.3, 0.4) is 0 Å². The predicted octanol–water partition coefficient (Wildman–Crippen LogP) is 5.28. The highest BCUT2D eigenvalue weighted by atomic mass is 16.3. The molecule has 2 nitrogen and oxygen atoms in total. The molecule has 0 aromatic heterocycles. The molecule has 0 radical (unpaired) electrons. The zero-order valence-electron chi connectivity index (χ0n) is 13.8. The third kappa shape index (κ3) is 3.62. The molecule has 2 atom stereocenters. The van der Waals surface area contributed by atoms with E-state index in [0.717, 1.165) is 0 Å². The van der Waals surface area contributed by atoms with Gasteiger partial charge >= 0.3 is 0 Å². The second-order valence-electron chi connectivity index (χ2n) is 6.72. The van der Waals surface area contributed by atoms with Crippen LogP contribution < -0.4 is 0 Å². The number of aromatic hydroxyl groups is 2. The molecule has 0 spiro atoms. The van der Waals surface area contributed by atoms with E-state index >= 15 is 0 Å². The predicted molar refractivity (Wildman–Crippen MR) is 91.4 cm³/mol. The Morgan fingerprint density at radius 3 is 1.05 bits per heavy atom. The van der Waals surface area contributed by atoms with E-state index in [1.54, 1.807) is 24.3 Å². The van der Waals surface area contributed by atoms with Gasteiger partial charge in [0.2, 0.25) is 0 Å². The van der Waals surface area contributed by atoms with Crippen LogP contribution in [0, 0.1) is 11.8 Å². The third-order valence-corrected chi connectivity index (χ3v) is 4.38. The molecule has 0 heterocycles. The van der Waals surface area contributed by atoms with Crippen molar-refractivity contribution in [3.63, 3.8) is 0 Å². The smallest absolute Gasteiger partial charge is 0.115 e. The molecule has 0 aliphatic rings. The number of rotatable bonds is 5. The van der Waals surface area contributed by atoms with Gasteiger partial charge in [0.05, 0.1) is 0 Å². The van der Waals surface area contributed by atoms with Crippen LogP contribution >= 0.6 is 0 Å². The Morgan fingerprint density at radius 1 is 0.545 bits per heavy atom. The van der Waals surface area contributed by atoms with Crippen molar-refractivity contribution in [1.29, 1.82) is 0 Å². The second kappa shape index (κ2) is 6.87. The molecule has 2 N–H and O–H groups in total. The fourth-order valence-corrected chi connectivity index (χ4v) is 3.41. The molecule has 0 aliphatic carbocycles. The van der Waals surface area contributed by atoms with Gasteiger partial charge in [-0.1, -0.05) is 52.0 Å². The SMILES string of the molecule is CC(C)[C@@H](c1ccc(O)cc1)[C@@H](c1ccc(O)cc1)C(C)C. The molecule has 0 fully saturated rings. The summed E-state index contributed by atoms with van der Waals surface area (Å²) < 4.78 is 0. The minimum absolute atomic E-state index is 0.303. The van der Waals surface area contributed by atoms with Crippen molar-refractivity contribution in [3.05, 3.63) is 59.7 Å². The molecule has 0 amide bonds. The number of hydrogen-bond acceptors (Lipinski definition) is 2. The molecule has 0 bridgehead atoms. The van der Waals surface area contributed by atoms with E-state index in [-0.39, 0.29) is 0 Å². The topological polar surface area (TPSA) is 40.5 Å². The summed E-state index contributed by atoms with van der Waals surface area (Å²) in [6.45, 7) is 8.97. The fourth-order valence-electron chi connectivity index (χ4n) is 3.41. The highest BCUT2D eigenvalue weighted by Gasteiger charge is 2.30. The Bertz CT molecular complexity index is 527. The van der Waals surface area contributed by atoms with Crippen LogP contribution in [0.4, 0.5) is 0 Å². The first-order valence-corrected chi connectivity index (χ1v) is 7.98. The van der Waals surface area contributed by atoms with Crippen molar-refractivity contribution in [2.75, 3.05) is 0 Å². The summed E-state index contributed by atoms with van der Waals surface area (Å²) in [4.78, 5) is 0. The number of benzene rings is 2. The zero-order valence-corrected chi connectivity index (χ0v) is 13.8. The molecule has 0 saturated heterocycles. The van der Waals surface area contributed by atoms with E-state index in [2.05, 4.69) is 27.7 Å². The molecule has 2 heteroatoms. The summed E-state index contributed by atoms with van der Waals surface area (Å²) in [5, 5.41) is 19.1. The first-order chi connectivity index (χ1) is 10.4. The molecule has 2 rings (SSSR count). The van der Waals surface area contributed by atoms with Gasteiger partial charge in [-0.05, 0) is 59.1 Å². The maximum absolute atomic E-state index is 9.54. The van der Waals surface area contributed by atoms with E-state index in [9.17, 15) is 10.2 Å². The first kappa shape index (κ1) is 16.4. The molecule has 118 valence electrons. The minimum atomic E-state index is 0.303. The summed E-state index contributed by atoms with van der Waals surface area (Å²) in [7, 11) is 0. The van der Waals surface area contributed by atoms with Crippen LogP contribution in [0.1, 0.15) is 50.7 Å². The van der Waals surface area contributed by atoms with Gasteiger partial charge in [0.15, 0.2) is 0 Å². The van der Waals surface area contributed by atoms with E-state index in [1.165, 1.54) is 11.1 Å². The minimum Gasteiger partial charge on any atom is -0.508 e. The maximum atomic E-state index is 9.54. The summed E-state index contributed by atoms with van der Waals surface area (Å²) in [6.07, 6.45) is 0. The van der Waals surface area contributed by atoms with Crippen LogP contribution in [0.5, 0.6) is 11.5 Å². The molecular formula is C20H26O2. The van der Waals surface area contributed by atoms with Crippen LogP contribution in [0.15, 0.2) is 48.5 Å². The Hall–Kier alpha value is -1.96. The third-order valence-electron chi connectivity index (χ3n) is 4.38. The average molecular weight is 298 g/mol. The van der Waals surface area contributed by atoms with E-state index in [4.69, 9.17) is 0 Å². The van der Waals surface area contributed by atoms with Crippen molar-refractivity contribution in [2.24, 2.45) is 11.8 Å². The lowest BCUT2D eigenvalue weighted by Gasteiger charge is -2.34. The number of phenols is 2. The van der Waals surface area contributed by atoms with E-state index < -0.39 is 0 Å². The highest BCUT2D eigenvalue weighted by molar-refractivity contribution is 5.35. The normalized spacial score (nSPS) is 14.3. The largest absolute Gasteiger partial charge is 0.508 e. The van der Waals surface area contributed by atoms with Crippen LogP contribution in [0.25, 0.3) is 0 Å². The van der Waals surface area contributed by atoms with Gasteiger partial charge < -0.3 is 10.2 Å². The van der Waals surface area contributed by atoms with Crippen molar-refractivity contribution >= 4 is 0 Å². The lowest BCUT2D eigenvalue weighted by molar-refractivity contribution is 0.347. The molecule has 0 unspecified atom stereocenters. The molecule has 2 aromatic carbocycles. The summed E-state index contributed by atoms with van der Waals surface area (Å²) in [5.41, 5.74) is 2.50. The Balaban J connectivity index is 2.46. The molecule has 0 aliphatic heterocycles. The van der Waals surface area contributed by atoms with Gasteiger partial charge in [0.25, 0.3) is 0 Å².